The second-order valence-corrected chi connectivity index (χ2v) is 4.99. The largest absolute Gasteiger partial charge is 0.481 e. The van der Waals surface area contributed by atoms with Crippen LogP contribution in [0.15, 0.2) is 36.5 Å². The molecule has 0 bridgehead atoms. The summed E-state index contributed by atoms with van der Waals surface area (Å²) in [6.07, 6.45) is 23.4. The predicted molar refractivity (Wildman–Crippen MR) is 86.9 cm³/mol. The van der Waals surface area contributed by atoms with Crippen molar-refractivity contribution in [1.29, 1.82) is 0 Å². The van der Waals surface area contributed by atoms with Crippen LogP contribution >= 0.6 is 0 Å². The third kappa shape index (κ3) is 21.9. The number of carbonyl (C=O) groups is 1. The Morgan fingerprint density at radius 3 is 1.95 bits per heavy atom. The minimum absolute atomic E-state index is 0. The molecule has 0 unspecified atom stereocenters. The normalized spacial score (nSPS) is 11.5. The minimum atomic E-state index is -0.675. The van der Waals surface area contributed by atoms with E-state index in [4.69, 9.17) is 5.11 Å². The first-order valence-electron chi connectivity index (χ1n) is 7.94. The third-order valence-corrected chi connectivity index (χ3v) is 3.04. The molecule has 0 aliphatic heterocycles. The van der Waals surface area contributed by atoms with Gasteiger partial charge >= 0.3 is 5.97 Å². The maximum Gasteiger partial charge on any atom is 0.303 e. The van der Waals surface area contributed by atoms with E-state index in [9.17, 15) is 4.79 Å². The molecule has 0 aliphatic rings. The molecule has 2 nitrogen and oxygen atoms in total. The van der Waals surface area contributed by atoms with Gasteiger partial charge in [0.05, 0.1) is 0 Å². The fraction of sp³-hybridized carbons (Fsp3) is 0.611. The molecule has 3 heteroatoms. The van der Waals surface area contributed by atoms with Gasteiger partial charge in [-0.05, 0) is 38.5 Å². The fourth-order valence-electron chi connectivity index (χ4n) is 1.90. The Labute approximate surface area is 145 Å². The number of aliphatic carboxylic acids is 1. The van der Waals surface area contributed by atoms with Gasteiger partial charge in [0.25, 0.3) is 0 Å². The average Bonchev–Trinajstić information content (AvgIpc) is 2.43. The van der Waals surface area contributed by atoms with E-state index in [0.717, 1.165) is 44.9 Å². The topological polar surface area (TPSA) is 37.3 Å². The summed E-state index contributed by atoms with van der Waals surface area (Å²) in [5, 5.41) is 8.50. The Kier molecular flexibility index (Phi) is 21.0. The molecule has 0 aromatic heterocycles. The zero-order valence-electron chi connectivity index (χ0n) is 13.2. The molecule has 0 amide bonds. The number of hydrogen-bond donors (Lipinski definition) is 1. The summed E-state index contributed by atoms with van der Waals surface area (Å²) in [7, 11) is 0. The van der Waals surface area contributed by atoms with Crippen molar-refractivity contribution in [3.05, 3.63) is 36.5 Å². The first kappa shape index (κ1) is 22.7. The van der Waals surface area contributed by atoms with E-state index >= 15 is 0 Å². The Balaban J connectivity index is 0. The molecular weight excluding hydrogens is 356 g/mol. The van der Waals surface area contributed by atoms with Gasteiger partial charge < -0.3 is 5.11 Å². The standard InChI is InChI=1S/C18H30O2.Ag/c1-2-3-4-5-6-7-8-9-10-11-12-13-14-15-16-17-18(19)20;/h3-4,6-7,9-10H,2,5,8,11-17H2,1H3,(H,19,20);/b4-3-,7-6-,10-9-;. The van der Waals surface area contributed by atoms with Crippen molar-refractivity contribution in [1.82, 2.24) is 0 Å². The smallest absolute Gasteiger partial charge is 0.303 e. The fourth-order valence-corrected chi connectivity index (χ4v) is 1.90. The van der Waals surface area contributed by atoms with E-state index < -0.39 is 5.97 Å². The van der Waals surface area contributed by atoms with Crippen LogP contribution in [-0.2, 0) is 27.2 Å². The van der Waals surface area contributed by atoms with Crippen LogP contribution in [-0.4, -0.2) is 11.1 Å². The summed E-state index contributed by atoms with van der Waals surface area (Å²) in [6.45, 7) is 2.15. The maximum absolute atomic E-state index is 10.3. The number of rotatable bonds is 13. The second kappa shape index (κ2) is 19.4. The molecule has 0 saturated heterocycles. The van der Waals surface area contributed by atoms with Crippen LogP contribution in [0, 0.1) is 0 Å². The first-order valence-corrected chi connectivity index (χ1v) is 7.94. The van der Waals surface area contributed by atoms with Crippen molar-refractivity contribution in [3.63, 3.8) is 0 Å². The summed E-state index contributed by atoms with van der Waals surface area (Å²) >= 11 is 0. The van der Waals surface area contributed by atoms with E-state index in [1.165, 1.54) is 12.8 Å². The first-order chi connectivity index (χ1) is 9.77. The third-order valence-electron chi connectivity index (χ3n) is 3.04. The monoisotopic (exact) mass is 385 g/mol. The summed E-state index contributed by atoms with van der Waals surface area (Å²) in [5.41, 5.74) is 0. The van der Waals surface area contributed by atoms with E-state index in [0.29, 0.717) is 6.42 Å². The maximum atomic E-state index is 10.3. The van der Waals surface area contributed by atoms with Crippen molar-refractivity contribution in [2.45, 2.75) is 71.1 Å². The summed E-state index contributed by atoms with van der Waals surface area (Å²) in [4.78, 5) is 10.3. The molecule has 21 heavy (non-hydrogen) atoms. The second-order valence-electron chi connectivity index (χ2n) is 4.99. The summed E-state index contributed by atoms with van der Waals surface area (Å²) in [5.74, 6) is -0.675. The van der Waals surface area contributed by atoms with Crippen LogP contribution in [0.2, 0.25) is 0 Å². The summed E-state index contributed by atoms with van der Waals surface area (Å²) in [6, 6.07) is 0. The Morgan fingerprint density at radius 1 is 0.810 bits per heavy atom. The van der Waals surface area contributed by atoms with Gasteiger partial charge in [0.1, 0.15) is 0 Å². The van der Waals surface area contributed by atoms with E-state index in [1.54, 1.807) is 0 Å². The van der Waals surface area contributed by atoms with E-state index in [2.05, 4.69) is 43.4 Å². The van der Waals surface area contributed by atoms with E-state index in [1.807, 2.05) is 0 Å². The summed E-state index contributed by atoms with van der Waals surface area (Å²) < 4.78 is 0. The van der Waals surface area contributed by atoms with Gasteiger partial charge in [0, 0.05) is 28.8 Å². The van der Waals surface area contributed by atoms with Crippen molar-refractivity contribution in [2.75, 3.05) is 0 Å². The predicted octanol–water partition coefficient (Wildman–Crippen LogP) is 5.66. The molecule has 1 radical (unpaired) electrons. The Bertz CT molecular complexity index is 306. The van der Waals surface area contributed by atoms with Gasteiger partial charge in [0.15, 0.2) is 0 Å². The van der Waals surface area contributed by atoms with Crippen molar-refractivity contribution >= 4 is 5.97 Å². The van der Waals surface area contributed by atoms with Crippen molar-refractivity contribution in [3.8, 4) is 0 Å². The molecule has 0 rings (SSSR count). The molecule has 125 valence electrons. The van der Waals surface area contributed by atoms with Gasteiger partial charge in [-0.25, -0.2) is 0 Å². The Morgan fingerprint density at radius 2 is 1.33 bits per heavy atom. The van der Waals surface area contributed by atoms with Gasteiger partial charge in [-0.3, -0.25) is 4.79 Å². The zero-order valence-corrected chi connectivity index (χ0v) is 14.7. The molecule has 0 heterocycles. The van der Waals surface area contributed by atoms with Crippen molar-refractivity contribution < 1.29 is 32.3 Å². The molecule has 0 aliphatic carbocycles. The van der Waals surface area contributed by atoms with Crippen LogP contribution in [0.25, 0.3) is 0 Å². The molecule has 0 fully saturated rings. The van der Waals surface area contributed by atoms with Crippen LogP contribution in [0.5, 0.6) is 0 Å². The van der Waals surface area contributed by atoms with E-state index in [-0.39, 0.29) is 22.4 Å². The molecule has 0 aromatic rings. The molecule has 0 spiro atoms. The number of allylic oxidation sites excluding steroid dienone is 6. The van der Waals surface area contributed by atoms with Crippen molar-refractivity contribution in [2.24, 2.45) is 0 Å². The van der Waals surface area contributed by atoms with Gasteiger partial charge in [-0.2, -0.15) is 0 Å². The molecule has 0 saturated carbocycles. The number of hydrogen-bond acceptors (Lipinski definition) is 1. The quantitative estimate of drug-likeness (QED) is 0.252. The molecule has 0 atom stereocenters. The van der Waals surface area contributed by atoms with Crippen LogP contribution in [0.4, 0.5) is 0 Å². The molecular formula is C18H30AgO2. The van der Waals surface area contributed by atoms with Crippen LogP contribution in [0.3, 0.4) is 0 Å². The van der Waals surface area contributed by atoms with Gasteiger partial charge in [-0.1, -0.05) is 62.6 Å². The molecule has 0 aromatic carbocycles. The zero-order chi connectivity index (χ0) is 14.9. The van der Waals surface area contributed by atoms with Crippen LogP contribution < -0.4 is 0 Å². The van der Waals surface area contributed by atoms with Gasteiger partial charge in [-0.15, -0.1) is 0 Å². The number of unbranched alkanes of at least 4 members (excludes halogenated alkanes) is 5. The van der Waals surface area contributed by atoms with Crippen LogP contribution in [0.1, 0.15) is 71.1 Å². The minimum Gasteiger partial charge on any atom is -0.481 e. The average molecular weight is 386 g/mol. The van der Waals surface area contributed by atoms with Gasteiger partial charge in [0.2, 0.25) is 0 Å². The number of carboxylic acids is 1. The molecule has 1 N–H and O–H groups in total. The Hall–Kier alpha value is -0.570. The number of carboxylic acid groups (broad SMARTS) is 1. The SMILES string of the molecule is CC/C=C\C/C=C\C/C=C\CCCCCCCC(=O)O.[Ag].